The van der Waals surface area contributed by atoms with Crippen LogP contribution in [0.4, 0.5) is 11.6 Å². The van der Waals surface area contributed by atoms with Crippen LogP contribution < -0.4 is 10.2 Å². The molecule has 0 bridgehead atoms. The molecule has 1 saturated heterocycles. The summed E-state index contributed by atoms with van der Waals surface area (Å²) in [6.45, 7) is 5.89. The van der Waals surface area contributed by atoms with Crippen molar-refractivity contribution in [2.24, 2.45) is 0 Å². The van der Waals surface area contributed by atoms with Crippen molar-refractivity contribution in [3.05, 3.63) is 52.8 Å². The van der Waals surface area contributed by atoms with E-state index >= 15 is 0 Å². The number of carbonyl (C=O) groups excluding carboxylic acids is 1. The maximum absolute atomic E-state index is 12.4. The molecule has 0 aliphatic carbocycles. The number of hydrogen-bond acceptors (Lipinski definition) is 6. The molecule has 4 rings (SSSR count). The predicted octanol–water partition coefficient (Wildman–Crippen LogP) is 3.70. The highest BCUT2D eigenvalue weighted by Crippen LogP contribution is 2.22. The lowest BCUT2D eigenvalue weighted by atomic mass is 10.1. The van der Waals surface area contributed by atoms with Crippen LogP contribution in [-0.4, -0.2) is 59.0 Å². The molecule has 7 nitrogen and oxygen atoms in total. The average molecular weight is 439 g/mol. The lowest BCUT2D eigenvalue weighted by Crippen LogP contribution is -2.30. The molecule has 3 heterocycles. The van der Waals surface area contributed by atoms with Crippen LogP contribution in [0.25, 0.3) is 11.0 Å². The van der Waals surface area contributed by atoms with E-state index in [2.05, 4.69) is 27.1 Å². The maximum atomic E-state index is 12.4. The van der Waals surface area contributed by atoms with Gasteiger partial charge in [0.1, 0.15) is 0 Å². The van der Waals surface area contributed by atoms with Crippen molar-refractivity contribution in [2.75, 3.05) is 43.4 Å². The summed E-state index contributed by atoms with van der Waals surface area (Å²) in [5.41, 5.74) is 3.25. The largest absolute Gasteiger partial charge is 0.339 e. The third-order valence-corrected chi connectivity index (χ3v) is 5.82. The number of pyridine rings is 1. The Morgan fingerprint density at radius 1 is 1.13 bits per heavy atom. The summed E-state index contributed by atoms with van der Waals surface area (Å²) < 4.78 is 0. The van der Waals surface area contributed by atoms with Crippen molar-refractivity contribution < 1.29 is 4.79 Å². The number of aryl methyl sites for hydroxylation is 2. The molecule has 162 valence electrons. The Morgan fingerprint density at radius 3 is 2.74 bits per heavy atom. The third kappa shape index (κ3) is 5.48. The number of fused-ring (bicyclic) bond motifs is 1. The summed E-state index contributed by atoms with van der Waals surface area (Å²) in [7, 11) is 2.14. The van der Waals surface area contributed by atoms with Crippen LogP contribution in [0.1, 0.15) is 24.1 Å². The second-order valence-corrected chi connectivity index (χ2v) is 8.46. The lowest BCUT2D eigenvalue weighted by molar-refractivity contribution is -0.116. The van der Waals surface area contributed by atoms with Crippen LogP contribution in [0, 0.1) is 6.92 Å². The van der Waals surface area contributed by atoms with E-state index in [-0.39, 0.29) is 5.91 Å². The molecule has 31 heavy (non-hydrogen) atoms. The first kappa shape index (κ1) is 21.5. The topological polar surface area (TPSA) is 74.2 Å². The summed E-state index contributed by atoms with van der Waals surface area (Å²) >= 11 is 5.91. The van der Waals surface area contributed by atoms with E-state index in [0.717, 1.165) is 55.2 Å². The number of carbonyl (C=O) groups is 1. The highest BCUT2D eigenvalue weighted by molar-refractivity contribution is 6.30. The number of likely N-dealkylation sites (N-methyl/N-ethyl adjacent to an activating group) is 1. The van der Waals surface area contributed by atoms with Crippen LogP contribution in [0.3, 0.4) is 0 Å². The van der Waals surface area contributed by atoms with E-state index in [0.29, 0.717) is 29.2 Å². The molecule has 3 aromatic rings. The van der Waals surface area contributed by atoms with Gasteiger partial charge in [-0.15, -0.1) is 0 Å². The van der Waals surface area contributed by atoms with Crippen LogP contribution in [-0.2, 0) is 11.2 Å². The van der Waals surface area contributed by atoms with E-state index in [1.807, 2.05) is 37.3 Å². The number of benzene rings is 1. The molecule has 2 aromatic heterocycles. The summed E-state index contributed by atoms with van der Waals surface area (Å²) in [4.78, 5) is 30.9. The number of aromatic nitrogens is 3. The molecular weight excluding hydrogens is 412 g/mol. The second-order valence-electron chi connectivity index (χ2n) is 8.02. The molecule has 8 heteroatoms. The minimum atomic E-state index is -0.0556. The van der Waals surface area contributed by atoms with Crippen LogP contribution >= 0.6 is 11.6 Å². The number of rotatable bonds is 5. The van der Waals surface area contributed by atoms with Gasteiger partial charge in [0.25, 0.3) is 0 Å². The van der Waals surface area contributed by atoms with Gasteiger partial charge in [-0.05, 0) is 57.1 Å². The van der Waals surface area contributed by atoms with Gasteiger partial charge in [-0.2, -0.15) is 4.98 Å². The zero-order valence-corrected chi connectivity index (χ0v) is 18.7. The summed E-state index contributed by atoms with van der Waals surface area (Å²) in [6, 6.07) is 9.45. The van der Waals surface area contributed by atoms with Crippen LogP contribution in [0.15, 0.2) is 36.5 Å². The van der Waals surface area contributed by atoms with Gasteiger partial charge in [-0.3, -0.25) is 4.79 Å². The first-order chi connectivity index (χ1) is 15.0. The number of hydrogen-bond donors (Lipinski definition) is 1. The molecule has 1 aliphatic rings. The van der Waals surface area contributed by atoms with Crippen molar-refractivity contribution in [1.82, 2.24) is 19.9 Å². The molecule has 0 atom stereocenters. The minimum absolute atomic E-state index is 0.0556. The summed E-state index contributed by atoms with van der Waals surface area (Å²) in [5, 5.41) is 4.48. The number of halogens is 1. The van der Waals surface area contributed by atoms with Crippen LogP contribution in [0.5, 0.6) is 0 Å². The van der Waals surface area contributed by atoms with Gasteiger partial charge in [-0.25, -0.2) is 9.97 Å². The molecule has 0 unspecified atom stereocenters. The Morgan fingerprint density at radius 2 is 1.94 bits per heavy atom. The number of amides is 1. The average Bonchev–Trinajstić information content (AvgIpc) is 2.98. The Bertz CT molecular complexity index is 1070. The van der Waals surface area contributed by atoms with Crippen molar-refractivity contribution in [3.63, 3.8) is 0 Å². The van der Waals surface area contributed by atoms with E-state index in [1.54, 1.807) is 6.20 Å². The molecule has 0 spiro atoms. The van der Waals surface area contributed by atoms with Crippen molar-refractivity contribution >= 4 is 40.2 Å². The molecule has 0 radical (unpaired) electrons. The zero-order valence-electron chi connectivity index (χ0n) is 17.9. The van der Waals surface area contributed by atoms with Gasteiger partial charge in [0.15, 0.2) is 5.65 Å². The normalized spacial score (nSPS) is 15.1. The maximum Gasteiger partial charge on any atom is 0.227 e. The van der Waals surface area contributed by atoms with Gasteiger partial charge < -0.3 is 15.1 Å². The van der Waals surface area contributed by atoms with E-state index in [9.17, 15) is 4.79 Å². The fraction of sp³-hybridized carbons (Fsp3) is 0.391. The highest BCUT2D eigenvalue weighted by atomic mass is 35.5. The Balaban J connectivity index is 1.44. The third-order valence-electron chi connectivity index (χ3n) is 5.57. The highest BCUT2D eigenvalue weighted by Gasteiger charge is 2.17. The lowest BCUT2D eigenvalue weighted by Gasteiger charge is -2.21. The molecule has 0 saturated carbocycles. The summed E-state index contributed by atoms with van der Waals surface area (Å²) in [5.74, 6) is 0.674. The standard InChI is InChI=1S/C23H27ClN6O/c1-16-20-14-19(27-21(31)9-6-17-4-7-18(24)8-5-17)15-25-22(20)28-23(26-16)30-11-3-10-29(2)12-13-30/h4-5,7-8,14-15H,3,6,9-13H2,1-2H3,(H,27,31). The number of nitrogens with zero attached hydrogens (tertiary/aromatic N) is 5. The van der Waals surface area contributed by atoms with Gasteiger partial charge in [0, 0.05) is 36.5 Å². The second kappa shape index (κ2) is 9.58. The quantitative estimate of drug-likeness (QED) is 0.654. The van der Waals surface area contributed by atoms with Gasteiger partial charge in [0.05, 0.1) is 17.6 Å². The molecule has 1 N–H and O–H groups in total. The van der Waals surface area contributed by atoms with E-state index in [4.69, 9.17) is 21.6 Å². The monoisotopic (exact) mass is 438 g/mol. The van der Waals surface area contributed by atoms with E-state index < -0.39 is 0 Å². The smallest absolute Gasteiger partial charge is 0.227 e. The molecule has 1 fully saturated rings. The summed E-state index contributed by atoms with van der Waals surface area (Å²) in [6.07, 6.45) is 3.79. The SMILES string of the molecule is Cc1nc(N2CCCN(C)CC2)nc2ncc(NC(=O)CCc3ccc(Cl)cc3)cc12. The van der Waals surface area contributed by atoms with Gasteiger partial charge in [-0.1, -0.05) is 23.7 Å². The molecular formula is C23H27ClN6O. The molecule has 1 aromatic carbocycles. The van der Waals surface area contributed by atoms with Gasteiger partial charge in [0.2, 0.25) is 11.9 Å². The Kier molecular flexibility index (Phi) is 6.63. The minimum Gasteiger partial charge on any atom is -0.339 e. The predicted molar refractivity (Wildman–Crippen MR) is 125 cm³/mol. The number of nitrogens with one attached hydrogen (secondary N) is 1. The van der Waals surface area contributed by atoms with Crippen molar-refractivity contribution in [3.8, 4) is 0 Å². The molecule has 1 amide bonds. The first-order valence-corrected chi connectivity index (χ1v) is 11.0. The van der Waals surface area contributed by atoms with Gasteiger partial charge >= 0.3 is 0 Å². The number of anilines is 2. The molecule has 1 aliphatic heterocycles. The van der Waals surface area contributed by atoms with E-state index in [1.165, 1.54) is 0 Å². The first-order valence-electron chi connectivity index (χ1n) is 10.6. The van der Waals surface area contributed by atoms with Crippen LogP contribution in [0.2, 0.25) is 5.02 Å². The van der Waals surface area contributed by atoms with Crippen molar-refractivity contribution in [1.29, 1.82) is 0 Å². The van der Waals surface area contributed by atoms with Crippen molar-refractivity contribution in [2.45, 2.75) is 26.2 Å². The Labute approximate surface area is 187 Å². The fourth-order valence-electron chi connectivity index (χ4n) is 3.73. The zero-order chi connectivity index (χ0) is 21.8. The fourth-order valence-corrected chi connectivity index (χ4v) is 3.86. The Hall–Kier alpha value is -2.77.